The maximum absolute atomic E-state index is 12.1. The highest BCUT2D eigenvalue weighted by atomic mass is 35.5. The van der Waals surface area contributed by atoms with Crippen molar-refractivity contribution in [2.45, 2.75) is 6.92 Å². The molecule has 0 aliphatic heterocycles. The van der Waals surface area contributed by atoms with E-state index in [-0.39, 0.29) is 11.3 Å². The number of phenols is 1. The van der Waals surface area contributed by atoms with Crippen molar-refractivity contribution in [3.8, 4) is 17.1 Å². The quantitative estimate of drug-likeness (QED) is 0.377. The van der Waals surface area contributed by atoms with E-state index in [4.69, 9.17) is 16.0 Å². The largest absolute Gasteiger partial charge is 0.507 e. The summed E-state index contributed by atoms with van der Waals surface area (Å²) in [5.41, 5.74) is 3.42. The summed E-state index contributed by atoms with van der Waals surface area (Å²) in [6.07, 6.45) is 1.27. The van der Waals surface area contributed by atoms with E-state index in [9.17, 15) is 20.0 Å². The summed E-state index contributed by atoms with van der Waals surface area (Å²) in [6.45, 7) is 1.92. The Balaban J connectivity index is 1.73. The number of non-ortho nitro benzene ring substituents is 1. The molecule has 3 rings (SSSR count). The standard InChI is InChI=1S/C19H14ClN3O5/c1-11-2-3-12(20)8-15(11)18-7-5-14(28-18)10-21-22-19(25)16-9-13(23(26)27)4-6-17(16)24/h2-10,24H,1H3,(H,22,25)/b21-10-. The predicted molar refractivity (Wildman–Crippen MR) is 104 cm³/mol. The predicted octanol–water partition coefficient (Wildman–Crippen LogP) is 4.29. The van der Waals surface area contributed by atoms with Crippen LogP contribution in [0.4, 0.5) is 5.69 Å². The molecule has 0 radical (unpaired) electrons. The van der Waals surface area contributed by atoms with Gasteiger partial charge in [-0.2, -0.15) is 5.10 Å². The van der Waals surface area contributed by atoms with Gasteiger partial charge in [0.1, 0.15) is 17.3 Å². The topological polar surface area (TPSA) is 118 Å². The highest BCUT2D eigenvalue weighted by Gasteiger charge is 2.16. The van der Waals surface area contributed by atoms with Crippen LogP contribution in [0.5, 0.6) is 5.75 Å². The molecule has 2 aromatic carbocycles. The summed E-state index contributed by atoms with van der Waals surface area (Å²) in [5.74, 6) is -0.230. The highest BCUT2D eigenvalue weighted by Crippen LogP contribution is 2.28. The number of furan rings is 1. The molecule has 0 atom stereocenters. The minimum absolute atomic E-state index is 0.263. The van der Waals surface area contributed by atoms with Crippen LogP contribution in [-0.4, -0.2) is 22.2 Å². The van der Waals surface area contributed by atoms with Gasteiger partial charge in [-0.25, -0.2) is 5.43 Å². The van der Waals surface area contributed by atoms with Gasteiger partial charge in [0.2, 0.25) is 0 Å². The molecule has 0 saturated carbocycles. The zero-order valence-electron chi connectivity index (χ0n) is 14.5. The van der Waals surface area contributed by atoms with Crippen molar-refractivity contribution in [1.82, 2.24) is 5.43 Å². The van der Waals surface area contributed by atoms with E-state index < -0.39 is 16.6 Å². The Morgan fingerprint density at radius 1 is 1.25 bits per heavy atom. The lowest BCUT2D eigenvalue weighted by Gasteiger charge is -2.03. The van der Waals surface area contributed by atoms with Crippen LogP contribution >= 0.6 is 11.6 Å². The number of benzene rings is 2. The number of nitrogens with zero attached hydrogens (tertiary/aromatic N) is 2. The van der Waals surface area contributed by atoms with Crippen molar-refractivity contribution in [3.63, 3.8) is 0 Å². The Labute approximate surface area is 164 Å². The Bertz CT molecular complexity index is 1090. The minimum atomic E-state index is -0.796. The molecule has 0 saturated heterocycles. The molecule has 0 aliphatic rings. The molecular weight excluding hydrogens is 386 g/mol. The van der Waals surface area contributed by atoms with Crippen LogP contribution < -0.4 is 5.43 Å². The first-order valence-electron chi connectivity index (χ1n) is 8.02. The van der Waals surface area contributed by atoms with E-state index in [0.29, 0.717) is 16.5 Å². The average Bonchev–Trinajstić information content (AvgIpc) is 3.12. The van der Waals surface area contributed by atoms with E-state index in [1.165, 1.54) is 6.21 Å². The first-order chi connectivity index (χ1) is 13.3. The SMILES string of the molecule is Cc1ccc(Cl)cc1-c1ccc(/C=N\NC(=O)c2cc([N+](=O)[O-])ccc2O)o1. The van der Waals surface area contributed by atoms with Crippen LogP contribution in [0.1, 0.15) is 21.7 Å². The van der Waals surface area contributed by atoms with Crippen LogP contribution in [0, 0.1) is 17.0 Å². The number of hydrogen-bond acceptors (Lipinski definition) is 6. The number of aromatic hydroxyl groups is 1. The van der Waals surface area contributed by atoms with Crippen molar-refractivity contribution in [2.24, 2.45) is 5.10 Å². The Morgan fingerprint density at radius 2 is 2.04 bits per heavy atom. The fourth-order valence-electron chi connectivity index (χ4n) is 2.46. The molecule has 1 heterocycles. The molecule has 1 aromatic heterocycles. The maximum atomic E-state index is 12.1. The molecule has 0 unspecified atom stereocenters. The molecule has 3 aromatic rings. The summed E-state index contributed by atoms with van der Waals surface area (Å²) < 4.78 is 5.67. The summed E-state index contributed by atoms with van der Waals surface area (Å²) in [7, 11) is 0. The number of nitrogens with one attached hydrogen (secondary N) is 1. The number of carbonyl (C=O) groups is 1. The smallest absolute Gasteiger partial charge is 0.275 e. The molecule has 0 aliphatic carbocycles. The van der Waals surface area contributed by atoms with Gasteiger partial charge in [-0.3, -0.25) is 14.9 Å². The van der Waals surface area contributed by atoms with Gasteiger partial charge in [0.05, 0.1) is 16.7 Å². The van der Waals surface area contributed by atoms with Gasteiger partial charge in [0, 0.05) is 22.7 Å². The molecule has 142 valence electrons. The molecule has 1 amide bonds. The number of nitro groups is 1. The zero-order chi connectivity index (χ0) is 20.3. The summed E-state index contributed by atoms with van der Waals surface area (Å²) in [5, 5.41) is 24.8. The van der Waals surface area contributed by atoms with Gasteiger partial charge < -0.3 is 9.52 Å². The van der Waals surface area contributed by atoms with E-state index in [1.807, 2.05) is 13.0 Å². The number of carbonyl (C=O) groups excluding carboxylic acids is 1. The first kappa shape index (κ1) is 19.1. The van der Waals surface area contributed by atoms with Crippen molar-refractivity contribution in [2.75, 3.05) is 0 Å². The van der Waals surface area contributed by atoms with Gasteiger partial charge in [0.25, 0.3) is 11.6 Å². The fourth-order valence-corrected chi connectivity index (χ4v) is 2.63. The third-order valence-electron chi connectivity index (χ3n) is 3.89. The van der Waals surface area contributed by atoms with Crippen molar-refractivity contribution in [3.05, 3.63) is 80.6 Å². The van der Waals surface area contributed by atoms with Crippen LogP contribution in [0.15, 0.2) is 58.0 Å². The Morgan fingerprint density at radius 3 is 2.79 bits per heavy atom. The lowest BCUT2D eigenvalue weighted by molar-refractivity contribution is -0.384. The molecule has 9 heteroatoms. The van der Waals surface area contributed by atoms with Crippen LogP contribution in [0.2, 0.25) is 5.02 Å². The second-order valence-corrected chi connectivity index (χ2v) is 6.26. The number of phenolic OH excluding ortho intramolecular Hbond substituents is 1. The molecular formula is C19H14ClN3O5. The van der Waals surface area contributed by atoms with E-state index in [0.717, 1.165) is 29.3 Å². The van der Waals surface area contributed by atoms with Crippen molar-refractivity contribution < 1.29 is 19.2 Å². The molecule has 2 N–H and O–H groups in total. The normalized spacial score (nSPS) is 10.9. The molecule has 28 heavy (non-hydrogen) atoms. The van der Waals surface area contributed by atoms with Crippen molar-refractivity contribution in [1.29, 1.82) is 0 Å². The Hall–Kier alpha value is -3.65. The highest BCUT2D eigenvalue weighted by molar-refractivity contribution is 6.30. The molecule has 8 nitrogen and oxygen atoms in total. The van der Waals surface area contributed by atoms with Crippen LogP contribution in [0.25, 0.3) is 11.3 Å². The number of rotatable bonds is 5. The summed E-state index contributed by atoms with van der Waals surface area (Å²) in [4.78, 5) is 22.2. The zero-order valence-corrected chi connectivity index (χ0v) is 15.3. The lowest BCUT2D eigenvalue weighted by Crippen LogP contribution is -2.17. The number of aryl methyl sites for hydroxylation is 1. The number of hydrogen-bond donors (Lipinski definition) is 2. The molecule has 0 spiro atoms. The lowest BCUT2D eigenvalue weighted by atomic mass is 10.1. The number of hydrazone groups is 1. The second kappa shape index (κ2) is 7.93. The van der Waals surface area contributed by atoms with Gasteiger partial charge in [-0.05, 0) is 42.8 Å². The van der Waals surface area contributed by atoms with Crippen LogP contribution in [0.3, 0.4) is 0 Å². The van der Waals surface area contributed by atoms with Gasteiger partial charge in [-0.15, -0.1) is 0 Å². The van der Waals surface area contributed by atoms with E-state index >= 15 is 0 Å². The number of halogens is 1. The Kier molecular flexibility index (Phi) is 5.42. The number of nitro benzene ring substituents is 1. The molecule has 0 bridgehead atoms. The van der Waals surface area contributed by atoms with E-state index in [1.54, 1.807) is 24.3 Å². The average molecular weight is 400 g/mol. The minimum Gasteiger partial charge on any atom is -0.507 e. The fraction of sp³-hybridized carbons (Fsp3) is 0.0526. The van der Waals surface area contributed by atoms with Gasteiger partial charge in [-0.1, -0.05) is 17.7 Å². The second-order valence-electron chi connectivity index (χ2n) is 5.82. The summed E-state index contributed by atoms with van der Waals surface area (Å²) >= 11 is 6.02. The maximum Gasteiger partial charge on any atom is 0.275 e. The van der Waals surface area contributed by atoms with Crippen LogP contribution in [-0.2, 0) is 0 Å². The van der Waals surface area contributed by atoms with Gasteiger partial charge >= 0.3 is 0 Å². The third-order valence-corrected chi connectivity index (χ3v) is 4.12. The number of amides is 1. The monoisotopic (exact) mass is 399 g/mol. The summed E-state index contributed by atoms with van der Waals surface area (Å²) in [6, 6.07) is 12.0. The first-order valence-corrected chi connectivity index (χ1v) is 8.40. The molecule has 0 fully saturated rings. The van der Waals surface area contributed by atoms with Crippen molar-refractivity contribution >= 4 is 29.4 Å². The van der Waals surface area contributed by atoms with Gasteiger partial charge in [0.15, 0.2) is 0 Å². The van der Waals surface area contributed by atoms with E-state index in [2.05, 4.69) is 10.5 Å². The third kappa shape index (κ3) is 4.18.